The Hall–Kier alpha value is -2.05. The number of rotatable bonds is 9. The van der Waals surface area contributed by atoms with E-state index in [1.54, 1.807) is 23.5 Å². The van der Waals surface area contributed by atoms with Gasteiger partial charge in [-0.1, -0.05) is 13.3 Å². The molecule has 1 unspecified atom stereocenters. The van der Waals surface area contributed by atoms with Gasteiger partial charge in [0.15, 0.2) is 0 Å². The van der Waals surface area contributed by atoms with Gasteiger partial charge in [-0.05, 0) is 59.5 Å². The topological polar surface area (TPSA) is 70.6 Å². The Morgan fingerprint density at radius 2 is 2.08 bits per heavy atom. The summed E-state index contributed by atoms with van der Waals surface area (Å²) in [6.07, 6.45) is 2.06. The van der Waals surface area contributed by atoms with Gasteiger partial charge in [-0.15, -0.1) is 0 Å². The van der Waals surface area contributed by atoms with Crippen LogP contribution in [0.4, 0.5) is 10.5 Å². The van der Waals surface area contributed by atoms with E-state index in [9.17, 15) is 9.90 Å². The number of urea groups is 1. The molecule has 5 nitrogen and oxygen atoms in total. The SMILES string of the molecule is CCCCOc1ccc(NC(=O)NCCC(O)c2ccsc2)cc1. The van der Waals surface area contributed by atoms with Crippen molar-refractivity contribution in [2.75, 3.05) is 18.5 Å². The maximum Gasteiger partial charge on any atom is 0.319 e. The number of amides is 2. The summed E-state index contributed by atoms with van der Waals surface area (Å²) < 4.78 is 5.58. The van der Waals surface area contributed by atoms with Crippen LogP contribution in [0, 0.1) is 0 Å². The number of carbonyl (C=O) groups excluding carboxylic acids is 1. The zero-order valence-corrected chi connectivity index (χ0v) is 14.6. The molecule has 24 heavy (non-hydrogen) atoms. The van der Waals surface area contributed by atoms with E-state index in [0.717, 1.165) is 24.2 Å². The van der Waals surface area contributed by atoms with Crippen molar-refractivity contribution in [3.8, 4) is 5.75 Å². The van der Waals surface area contributed by atoms with Crippen molar-refractivity contribution in [3.63, 3.8) is 0 Å². The molecule has 1 heterocycles. The summed E-state index contributed by atoms with van der Waals surface area (Å²) in [7, 11) is 0. The molecule has 1 atom stereocenters. The third-order valence-electron chi connectivity index (χ3n) is 3.51. The van der Waals surface area contributed by atoms with Crippen molar-refractivity contribution < 1.29 is 14.6 Å². The van der Waals surface area contributed by atoms with Crippen LogP contribution in [-0.4, -0.2) is 24.3 Å². The molecule has 2 rings (SSSR count). The quantitative estimate of drug-likeness (QED) is 0.596. The van der Waals surface area contributed by atoms with Gasteiger partial charge >= 0.3 is 6.03 Å². The summed E-state index contributed by atoms with van der Waals surface area (Å²) in [6, 6.07) is 8.89. The van der Waals surface area contributed by atoms with Gasteiger partial charge in [0.05, 0.1) is 12.7 Å². The standard InChI is InChI=1S/C18H24N2O3S/c1-2-3-11-23-16-6-4-15(5-7-16)20-18(22)19-10-8-17(21)14-9-12-24-13-14/h4-7,9,12-13,17,21H,2-3,8,10-11H2,1H3,(H2,19,20,22). The third-order valence-corrected chi connectivity index (χ3v) is 4.21. The molecule has 3 N–H and O–H groups in total. The van der Waals surface area contributed by atoms with Crippen LogP contribution in [0.15, 0.2) is 41.1 Å². The van der Waals surface area contributed by atoms with Crippen LogP contribution in [0.2, 0.25) is 0 Å². The summed E-state index contributed by atoms with van der Waals surface area (Å²) in [6.45, 7) is 3.23. The molecular formula is C18H24N2O3S. The van der Waals surface area contributed by atoms with Crippen molar-refractivity contribution in [1.82, 2.24) is 5.32 Å². The molecule has 0 spiro atoms. The third kappa shape index (κ3) is 6.22. The lowest BCUT2D eigenvalue weighted by Crippen LogP contribution is -2.30. The fourth-order valence-electron chi connectivity index (χ4n) is 2.10. The van der Waals surface area contributed by atoms with Crippen molar-refractivity contribution in [2.24, 2.45) is 0 Å². The smallest absolute Gasteiger partial charge is 0.319 e. The fraction of sp³-hybridized carbons (Fsp3) is 0.389. The summed E-state index contributed by atoms with van der Waals surface area (Å²) in [5.41, 5.74) is 1.59. The first-order chi connectivity index (χ1) is 11.7. The van der Waals surface area contributed by atoms with Gasteiger partial charge in [0.1, 0.15) is 5.75 Å². The second-order valence-electron chi connectivity index (χ2n) is 5.47. The molecule has 0 bridgehead atoms. The molecule has 1 aromatic heterocycles. The molecule has 130 valence electrons. The maximum atomic E-state index is 11.8. The molecule has 0 aliphatic heterocycles. The van der Waals surface area contributed by atoms with Gasteiger partial charge in [0.2, 0.25) is 0 Å². The summed E-state index contributed by atoms with van der Waals surface area (Å²) >= 11 is 1.55. The van der Waals surface area contributed by atoms with Crippen molar-refractivity contribution in [2.45, 2.75) is 32.3 Å². The first-order valence-corrected chi connectivity index (χ1v) is 9.11. The molecule has 0 fully saturated rings. The van der Waals surface area contributed by atoms with Gasteiger partial charge < -0.3 is 20.5 Å². The van der Waals surface area contributed by atoms with Gasteiger partial charge in [-0.25, -0.2) is 4.79 Å². The number of anilines is 1. The number of carbonyl (C=O) groups is 1. The van der Waals surface area contributed by atoms with E-state index >= 15 is 0 Å². The van der Waals surface area contributed by atoms with Gasteiger partial charge in [-0.3, -0.25) is 0 Å². The van der Waals surface area contributed by atoms with Crippen LogP contribution in [0.5, 0.6) is 5.75 Å². The highest BCUT2D eigenvalue weighted by molar-refractivity contribution is 7.07. The van der Waals surface area contributed by atoms with Crippen molar-refractivity contribution in [1.29, 1.82) is 0 Å². The molecular weight excluding hydrogens is 324 g/mol. The van der Waals surface area contributed by atoms with Gasteiger partial charge in [-0.2, -0.15) is 11.3 Å². The predicted molar refractivity (Wildman–Crippen MR) is 97.8 cm³/mol. The predicted octanol–water partition coefficient (Wildman–Crippen LogP) is 4.17. The van der Waals surface area contributed by atoms with Crippen molar-refractivity contribution in [3.05, 3.63) is 46.7 Å². The number of unbranched alkanes of at least 4 members (excludes halogenated alkanes) is 1. The maximum absolute atomic E-state index is 11.8. The highest BCUT2D eigenvalue weighted by Gasteiger charge is 2.08. The number of aliphatic hydroxyl groups is 1. The average Bonchev–Trinajstić information content (AvgIpc) is 3.11. The van der Waals surface area contributed by atoms with Crippen LogP contribution < -0.4 is 15.4 Å². The number of benzene rings is 1. The van der Waals surface area contributed by atoms with Gasteiger partial charge in [0, 0.05) is 12.2 Å². The van der Waals surface area contributed by atoms with E-state index in [2.05, 4.69) is 17.6 Å². The molecule has 1 aromatic carbocycles. The molecule has 2 aromatic rings. The Kier molecular flexibility index (Phi) is 7.58. The Morgan fingerprint density at radius 1 is 1.29 bits per heavy atom. The minimum atomic E-state index is -0.545. The minimum absolute atomic E-state index is 0.285. The molecule has 2 amide bonds. The number of hydrogen-bond donors (Lipinski definition) is 3. The average molecular weight is 348 g/mol. The Morgan fingerprint density at radius 3 is 2.75 bits per heavy atom. The molecule has 0 saturated heterocycles. The first kappa shape index (κ1) is 18.3. The van der Waals surface area contributed by atoms with Crippen LogP contribution in [0.3, 0.4) is 0 Å². The lowest BCUT2D eigenvalue weighted by atomic mass is 10.1. The summed E-state index contributed by atoms with van der Waals surface area (Å²) in [5, 5.41) is 19.3. The zero-order valence-electron chi connectivity index (χ0n) is 13.8. The largest absolute Gasteiger partial charge is 0.494 e. The number of aliphatic hydroxyl groups excluding tert-OH is 1. The van der Waals surface area contributed by atoms with Gasteiger partial charge in [0.25, 0.3) is 0 Å². The Labute approximate surface area is 146 Å². The molecule has 6 heteroatoms. The number of ether oxygens (including phenoxy) is 1. The van der Waals surface area contributed by atoms with E-state index < -0.39 is 6.10 Å². The van der Waals surface area contributed by atoms with Crippen LogP contribution in [0.1, 0.15) is 37.9 Å². The zero-order chi connectivity index (χ0) is 17.2. The van der Waals surface area contributed by atoms with E-state index in [-0.39, 0.29) is 6.03 Å². The Bertz CT molecular complexity index is 599. The highest BCUT2D eigenvalue weighted by Crippen LogP contribution is 2.19. The Balaban J connectivity index is 1.68. The van der Waals surface area contributed by atoms with E-state index in [0.29, 0.717) is 25.3 Å². The second kappa shape index (κ2) is 9.95. The number of thiophene rings is 1. The van der Waals surface area contributed by atoms with Crippen LogP contribution in [0.25, 0.3) is 0 Å². The first-order valence-electron chi connectivity index (χ1n) is 8.17. The minimum Gasteiger partial charge on any atom is -0.494 e. The summed E-state index contributed by atoms with van der Waals surface area (Å²) in [5.74, 6) is 0.799. The molecule has 0 aliphatic rings. The second-order valence-corrected chi connectivity index (χ2v) is 6.25. The summed E-state index contributed by atoms with van der Waals surface area (Å²) in [4.78, 5) is 11.8. The normalized spacial score (nSPS) is 11.8. The molecule has 0 saturated carbocycles. The fourth-order valence-corrected chi connectivity index (χ4v) is 2.80. The van der Waals surface area contributed by atoms with E-state index in [4.69, 9.17) is 4.74 Å². The highest BCUT2D eigenvalue weighted by atomic mass is 32.1. The van der Waals surface area contributed by atoms with E-state index in [1.807, 2.05) is 29.0 Å². The monoisotopic (exact) mass is 348 g/mol. The lowest BCUT2D eigenvalue weighted by Gasteiger charge is -2.11. The molecule has 0 aliphatic carbocycles. The van der Waals surface area contributed by atoms with Crippen LogP contribution >= 0.6 is 11.3 Å². The number of hydrogen-bond acceptors (Lipinski definition) is 4. The van der Waals surface area contributed by atoms with Crippen molar-refractivity contribution >= 4 is 23.1 Å². The van der Waals surface area contributed by atoms with E-state index in [1.165, 1.54) is 0 Å². The number of nitrogens with one attached hydrogen (secondary N) is 2. The molecule has 0 radical (unpaired) electrons. The lowest BCUT2D eigenvalue weighted by molar-refractivity contribution is 0.168. The van der Waals surface area contributed by atoms with Crippen LogP contribution in [-0.2, 0) is 0 Å².